The summed E-state index contributed by atoms with van der Waals surface area (Å²) in [6.45, 7) is 0.763. The number of aromatic nitrogens is 2. The van der Waals surface area contributed by atoms with Crippen molar-refractivity contribution < 1.29 is 32.3 Å². The van der Waals surface area contributed by atoms with E-state index in [1.807, 2.05) is 4.90 Å². The zero-order chi connectivity index (χ0) is 30.4. The Balaban J connectivity index is 1.39. The number of nitrogens with two attached hydrogens (primary N) is 1. The second kappa shape index (κ2) is 13.6. The van der Waals surface area contributed by atoms with Crippen molar-refractivity contribution in [2.75, 3.05) is 30.3 Å². The summed E-state index contributed by atoms with van der Waals surface area (Å²) in [4.78, 5) is 27.3. The molecule has 1 saturated heterocycles. The number of aliphatic hydroxyl groups excluding tert-OH is 1. The largest absolute Gasteiger partial charge is 0.508 e. The average Bonchev–Trinajstić information content (AvgIpc) is 3.35. The Kier molecular flexibility index (Phi) is 10.1. The van der Waals surface area contributed by atoms with Gasteiger partial charge in [-0.3, -0.25) is 9.59 Å². The van der Waals surface area contributed by atoms with E-state index in [0.717, 1.165) is 6.08 Å². The number of amides is 2. The fourth-order valence-corrected chi connectivity index (χ4v) is 5.78. The van der Waals surface area contributed by atoms with E-state index < -0.39 is 48.5 Å². The lowest BCUT2D eigenvalue weighted by Crippen LogP contribution is -2.42. The van der Waals surface area contributed by atoms with Gasteiger partial charge in [-0.15, -0.1) is 10.2 Å². The van der Waals surface area contributed by atoms with Crippen LogP contribution in [0.1, 0.15) is 25.7 Å². The number of rotatable bonds is 10. The van der Waals surface area contributed by atoms with Gasteiger partial charge < -0.3 is 26.4 Å². The molecule has 14 heteroatoms. The minimum absolute atomic E-state index is 0.179. The smallest absolute Gasteiger partial charge is 0.397 e. The second-order valence-corrected chi connectivity index (χ2v) is 11.1. The second-order valence-electron chi connectivity index (χ2n) is 10.7. The molecular weight excluding hydrogens is 580 g/mol. The number of hydrogen-bond donors (Lipinski definition) is 4. The van der Waals surface area contributed by atoms with Gasteiger partial charge in [0.05, 0.1) is 5.92 Å². The van der Waals surface area contributed by atoms with Gasteiger partial charge in [-0.1, -0.05) is 29.8 Å². The Bertz CT molecular complexity index is 1250. The first-order chi connectivity index (χ1) is 19.9. The summed E-state index contributed by atoms with van der Waals surface area (Å²) in [5, 5.41) is 23.5. The third kappa shape index (κ3) is 8.46. The summed E-state index contributed by atoms with van der Waals surface area (Å²) in [7, 11) is 0. The predicted molar refractivity (Wildman–Crippen MR) is 150 cm³/mol. The third-order valence-electron chi connectivity index (χ3n) is 7.68. The minimum atomic E-state index is -4.63. The fraction of sp³-hybridized carbons (Fsp3) is 0.500. The fourth-order valence-electron chi connectivity index (χ4n) is 5.62. The van der Waals surface area contributed by atoms with Gasteiger partial charge in [0, 0.05) is 42.5 Å². The van der Waals surface area contributed by atoms with E-state index in [9.17, 15) is 32.3 Å². The van der Waals surface area contributed by atoms with Gasteiger partial charge >= 0.3 is 6.18 Å². The Morgan fingerprint density at radius 3 is 2.62 bits per heavy atom. The number of allylic oxidation sites excluding steroid dienone is 6. The van der Waals surface area contributed by atoms with Gasteiger partial charge in [-0.2, -0.15) is 13.2 Å². The highest BCUT2D eigenvalue weighted by Gasteiger charge is 2.44. The maximum Gasteiger partial charge on any atom is 0.397 e. The van der Waals surface area contributed by atoms with Crippen LogP contribution in [0.15, 0.2) is 59.4 Å². The third-order valence-corrected chi connectivity index (χ3v) is 7.96. The summed E-state index contributed by atoms with van der Waals surface area (Å²) in [6.07, 6.45) is 2.68. The number of nitrogen functional groups attached to an aromatic ring is 1. The molecule has 1 aliphatic heterocycles. The summed E-state index contributed by atoms with van der Waals surface area (Å²) in [5.41, 5.74) is 5.64. The van der Waals surface area contributed by atoms with Crippen LogP contribution in [0.4, 0.5) is 29.2 Å². The van der Waals surface area contributed by atoms with E-state index in [-0.39, 0.29) is 36.5 Å². The van der Waals surface area contributed by atoms with Crippen molar-refractivity contribution in [1.29, 1.82) is 0 Å². The summed E-state index contributed by atoms with van der Waals surface area (Å²) >= 11 is 5.97. The maximum absolute atomic E-state index is 15.0. The molecule has 2 amide bonds. The number of carbonyl (C=O) groups is 2. The molecule has 0 saturated carbocycles. The first kappa shape index (κ1) is 31.3. The zero-order valence-corrected chi connectivity index (χ0v) is 23.4. The highest BCUT2D eigenvalue weighted by Crippen LogP contribution is 2.38. The number of nitrogens with one attached hydrogen (secondary N) is 2. The molecule has 6 atom stereocenters. The molecule has 4 unspecified atom stereocenters. The monoisotopic (exact) mass is 612 g/mol. The average molecular weight is 613 g/mol. The molecule has 2 aliphatic carbocycles. The number of carbonyl (C=O) groups excluding carboxylic acids is 2. The molecule has 1 aromatic rings. The van der Waals surface area contributed by atoms with Crippen LogP contribution in [0.25, 0.3) is 0 Å². The molecule has 3 aliphatic rings. The van der Waals surface area contributed by atoms with Gasteiger partial charge in [-0.05, 0) is 55.5 Å². The number of halogens is 5. The highest BCUT2D eigenvalue weighted by molar-refractivity contribution is 6.31. The van der Waals surface area contributed by atoms with Crippen molar-refractivity contribution >= 4 is 35.1 Å². The molecule has 0 bridgehead atoms. The zero-order valence-electron chi connectivity index (χ0n) is 22.6. The number of alkyl halides is 4. The lowest BCUT2D eigenvalue weighted by molar-refractivity contribution is -0.154. The number of aliphatic hydroxyl groups is 1. The summed E-state index contributed by atoms with van der Waals surface area (Å²) in [6, 6.07) is 2.66. The Hall–Kier alpha value is -3.61. The topological polar surface area (TPSA) is 133 Å². The van der Waals surface area contributed by atoms with Gasteiger partial charge in [-0.25, -0.2) is 4.39 Å². The molecule has 9 nitrogen and oxygen atoms in total. The van der Waals surface area contributed by atoms with E-state index >= 15 is 0 Å². The molecule has 0 spiro atoms. The highest BCUT2D eigenvalue weighted by atomic mass is 35.5. The molecule has 0 radical (unpaired) electrons. The number of nitrogens with zero attached hydrogens (tertiary/aromatic N) is 3. The van der Waals surface area contributed by atoms with Crippen molar-refractivity contribution in [2.45, 2.75) is 44.1 Å². The normalized spacial score (nSPS) is 26.4. The lowest BCUT2D eigenvalue weighted by atomic mass is 9.79. The molecule has 228 valence electrons. The van der Waals surface area contributed by atoms with Crippen LogP contribution in [0.3, 0.4) is 0 Å². The number of anilines is 2. The molecule has 42 heavy (non-hydrogen) atoms. The van der Waals surface area contributed by atoms with Crippen molar-refractivity contribution in [2.24, 2.45) is 23.7 Å². The van der Waals surface area contributed by atoms with Gasteiger partial charge in [0.2, 0.25) is 11.8 Å². The van der Waals surface area contributed by atoms with E-state index in [0.29, 0.717) is 36.7 Å². The van der Waals surface area contributed by atoms with Crippen LogP contribution in [0.5, 0.6) is 0 Å². The van der Waals surface area contributed by atoms with E-state index in [1.165, 1.54) is 6.08 Å². The molecule has 5 N–H and O–H groups in total. The van der Waals surface area contributed by atoms with Crippen molar-refractivity contribution in [3.05, 3.63) is 59.4 Å². The summed E-state index contributed by atoms with van der Waals surface area (Å²) in [5.74, 6) is -2.86. The van der Waals surface area contributed by atoms with Crippen LogP contribution in [-0.4, -0.2) is 65.1 Å². The Morgan fingerprint density at radius 1 is 1.19 bits per heavy atom. The van der Waals surface area contributed by atoms with E-state index in [2.05, 4.69) is 20.8 Å². The maximum atomic E-state index is 15.0. The summed E-state index contributed by atoms with van der Waals surface area (Å²) < 4.78 is 53.2. The SMILES string of the molecule is Nc1ccc(N2CC(C(=O)NCCC[C@H](NC(=O)CC(F)(F)F)C3C=CC(Cl)=CC3)[C@H](C3C=CC(O)=CC3F)C2)nn1. The van der Waals surface area contributed by atoms with E-state index in [4.69, 9.17) is 17.3 Å². The first-order valence-corrected chi connectivity index (χ1v) is 14.0. The van der Waals surface area contributed by atoms with Crippen LogP contribution < -0.4 is 21.3 Å². The van der Waals surface area contributed by atoms with Crippen molar-refractivity contribution in [3.8, 4) is 0 Å². The molecule has 0 aromatic carbocycles. The van der Waals surface area contributed by atoms with Crippen LogP contribution >= 0.6 is 11.6 Å². The van der Waals surface area contributed by atoms with Crippen LogP contribution in [0, 0.1) is 23.7 Å². The Labute approximate surface area is 245 Å². The number of hydrogen-bond acceptors (Lipinski definition) is 7. The predicted octanol–water partition coefficient (Wildman–Crippen LogP) is 4.11. The molecule has 2 heterocycles. The van der Waals surface area contributed by atoms with Crippen LogP contribution in [0.2, 0.25) is 0 Å². The van der Waals surface area contributed by atoms with Crippen LogP contribution in [-0.2, 0) is 9.59 Å². The van der Waals surface area contributed by atoms with Gasteiger partial charge in [0.15, 0.2) is 5.82 Å². The first-order valence-electron chi connectivity index (χ1n) is 13.6. The Morgan fingerprint density at radius 2 is 1.98 bits per heavy atom. The lowest BCUT2D eigenvalue weighted by Gasteiger charge is -2.28. The molecule has 1 aromatic heterocycles. The molecule has 1 fully saturated rings. The van der Waals surface area contributed by atoms with Gasteiger partial charge in [0.25, 0.3) is 0 Å². The van der Waals surface area contributed by atoms with Gasteiger partial charge in [0.1, 0.15) is 24.2 Å². The van der Waals surface area contributed by atoms with Crippen molar-refractivity contribution in [3.63, 3.8) is 0 Å². The van der Waals surface area contributed by atoms with Crippen molar-refractivity contribution in [1.82, 2.24) is 20.8 Å². The standard InChI is InChI=1S/C28H33ClF4N6O3/c29-17-5-3-16(4-6-17)23(36-26(41)13-28(31,32)33)2-1-11-35-27(42)21-15-39(25-10-9-24(34)37-38-25)14-20(21)19-8-7-18(40)12-22(19)30/h3,5-10,12,16,19-23,40H,1-2,4,11,13-15H2,(H2,34,37)(H,35,42)(H,36,41)/t16?,19?,20-,21?,22?,23-/m0/s1. The minimum Gasteiger partial charge on any atom is -0.508 e. The molecule has 4 rings (SSSR count). The quantitative estimate of drug-likeness (QED) is 0.231. The van der Waals surface area contributed by atoms with E-state index in [1.54, 1.807) is 36.4 Å². The molecular formula is C28H33ClF4N6O3.